The molecule has 0 saturated carbocycles. The van der Waals surface area contributed by atoms with Gasteiger partial charge in [0.2, 0.25) is 0 Å². The van der Waals surface area contributed by atoms with Crippen LogP contribution in [-0.2, 0) is 11.2 Å². The number of ether oxygens (including phenoxy) is 1. The maximum Gasteiger partial charge on any atom is 0.191 e. The van der Waals surface area contributed by atoms with Crippen LogP contribution in [0.2, 0.25) is 0 Å². The lowest BCUT2D eigenvalue weighted by molar-refractivity contribution is 0.180. The molecular weight excluding hydrogens is 284 g/mol. The van der Waals surface area contributed by atoms with E-state index in [9.17, 15) is 0 Å². The van der Waals surface area contributed by atoms with E-state index in [4.69, 9.17) is 4.74 Å². The molecular formula is C15H28N4OS. The first kappa shape index (κ1) is 17.9. The van der Waals surface area contributed by atoms with Gasteiger partial charge in [-0.2, -0.15) is 0 Å². The number of rotatable bonds is 10. The third-order valence-electron chi connectivity index (χ3n) is 3.14. The van der Waals surface area contributed by atoms with Crippen LogP contribution in [0, 0.1) is 0 Å². The lowest BCUT2D eigenvalue weighted by Crippen LogP contribution is -2.41. The lowest BCUT2D eigenvalue weighted by Gasteiger charge is -2.18. The molecule has 0 radical (unpaired) electrons. The molecule has 120 valence electrons. The van der Waals surface area contributed by atoms with Crippen molar-refractivity contribution in [3.63, 3.8) is 0 Å². The Balaban J connectivity index is 2.08. The third-order valence-corrected chi connectivity index (χ3v) is 4.08. The second kappa shape index (κ2) is 11.5. The molecule has 2 N–H and O–H groups in total. The highest BCUT2D eigenvalue weighted by Gasteiger charge is 2.01. The molecule has 0 unspecified atom stereocenters. The number of aliphatic imine (C=N–C) groups is 1. The highest BCUT2D eigenvalue weighted by molar-refractivity contribution is 7.09. The first-order valence-corrected chi connectivity index (χ1v) is 8.28. The molecule has 1 heterocycles. The van der Waals surface area contributed by atoms with Crippen LogP contribution in [0.1, 0.15) is 11.3 Å². The van der Waals surface area contributed by atoms with E-state index >= 15 is 0 Å². The number of nitrogens with one attached hydrogen (secondary N) is 2. The first-order valence-electron chi connectivity index (χ1n) is 7.40. The quantitative estimate of drug-likeness (QED) is 0.390. The predicted molar refractivity (Wildman–Crippen MR) is 91.4 cm³/mol. The summed E-state index contributed by atoms with van der Waals surface area (Å²) in [5, 5.41) is 8.79. The van der Waals surface area contributed by atoms with E-state index in [1.807, 2.05) is 7.05 Å². The average Bonchev–Trinajstić information content (AvgIpc) is 2.99. The van der Waals surface area contributed by atoms with Crippen molar-refractivity contribution in [3.05, 3.63) is 22.4 Å². The summed E-state index contributed by atoms with van der Waals surface area (Å²) < 4.78 is 5.06. The molecule has 0 bridgehead atoms. The van der Waals surface area contributed by atoms with Crippen molar-refractivity contribution >= 4 is 17.3 Å². The van der Waals surface area contributed by atoms with E-state index in [2.05, 4.69) is 45.1 Å². The Kier molecular flexibility index (Phi) is 9.86. The molecule has 1 aromatic rings. The van der Waals surface area contributed by atoms with Gasteiger partial charge in [-0.3, -0.25) is 4.99 Å². The van der Waals surface area contributed by atoms with Crippen molar-refractivity contribution < 1.29 is 4.74 Å². The highest BCUT2D eigenvalue weighted by atomic mass is 32.1. The fraction of sp³-hybridized carbons (Fsp3) is 0.667. The van der Waals surface area contributed by atoms with Gasteiger partial charge >= 0.3 is 0 Å². The Labute approximate surface area is 132 Å². The van der Waals surface area contributed by atoms with Gasteiger partial charge in [-0.15, -0.1) is 11.3 Å². The maximum atomic E-state index is 5.06. The molecule has 0 spiro atoms. The molecule has 21 heavy (non-hydrogen) atoms. The highest BCUT2D eigenvalue weighted by Crippen LogP contribution is 2.07. The number of hydrogen-bond donors (Lipinski definition) is 2. The number of thiophene rings is 1. The van der Waals surface area contributed by atoms with Crippen molar-refractivity contribution in [2.24, 2.45) is 4.99 Å². The van der Waals surface area contributed by atoms with E-state index in [0.717, 1.165) is 51.6 Å². The van der Waals surface area contributed by atoms with Gasteiger partial charge in [-0.25, -0.2) is 0 Å². The van der Waals surface area contributed by atoms with Gasteiger partial charge in [0, 0.05) is 51.8 Å². The molecule has 0 saturated heterocycles. The van der Waals surface area contributed by atoms with Gasteiger partial charge in [0.1, 0.15) is 0 Å². The zero-order valence-corrected chi connectivity index (χ0v) is 14.2. The molecule has 0 amide bonds. The Bertz CT molecular complexity index is 381. The number of likely N-dealkylation sites (N-methyl/N-ethyl adjacent to an activating group) is 1. The summed E-state index contributed by atoms with van der Waals surface area (Å²) in [5.41, 5.74) is 0. The summed E-state index contributed by atoms with van der Waals surface area (Å²) in [7, 11) is 5.68. The minimum Gasteiger partial charge on any atom is -0.385 e. The van der Waals surface area contributed by atoms with Crippen molar-refractivity contribution in [3.8, 4) is 0 Å². The molecule has 0 fully saturated rings. The smallest absolute Gasteiger partial charge is 0.191 e. The van der Waals surface area contributed by atoms with Crippen LogP contribution < -0.4 is 10.6 Å². The molecule has 0 aliphatic heterocycles. The molecule has 0 aromatic carbocycles. The second-order valence-electron chi connectivity index (χ2n) is 4.90. The molecule has 1 aromatic heterocycles. The van der Waals surface area contributed by atoms with Crippen LogP contribution in [0.25, 0.3) is 0 Å². The van der Waals surface area contributed by atoms with E-state index in [1.54, 1.807) is 18.4 Å². The standard InChI is InChI=1S/C15H28N4OS/c1-16-15(17-8-7-14-6-4-13-21-14)18-9-11-19(2)10-5-12-20-3/h4,6,13H,5,7-12H2,1-3H3,(H2,16,17,18). The van der Waals surface area contributed by atoms with Crippen LogP contribution in [0.15, 0.2) is 22.5 Å². The third kappa shape index (κ3) is 8.70. The van der Waals surface area contributed by atoms with Gasteiger partial charge in [0.15, 0.2) is 5.96 Å². The number of nitrogens with zero attached hydrogens (tertiary/aromatic N) is 2. The van der Waals surface area contributed by atoms with Crippen LogP contribution >= 0.6 is 11.3 Å². The lowest BCUT2D eigenvalue weighted by atomic mass is 10.3. The van der Waals surface area contributed by atoms with Gasteiger partial charge in [-0.05, 0) is 31.3 Å². The maximum absolute atomic E-state index is 5.06. The number of hydrogen-bond acceptors (Lipinski definition) is 4. The number of methoxy groups -OCH3 is 1. The SMILES string of the molecule is CN=C(NCCc1cccs1)NCCN(C)CCCOC. The summed E-state index contributed by atoms with van der Waals surface area (Å²) >= 11 is 1.80. The summed E-state index contributed by atoms with van der Waals surface area (Å²) in [5.74, 6) is 0.872. The Morgan fingerprint density at radius 2 is 2.14 bits per heavy atom. The van der Waals surface area contributed by atoms with Gasteiger partial charge in [0.05, 0.1) is 0 Å². The van der Waals surface area contributed by atoms with Gasteiger partial charge < -0.3 is 20.3 Å². The largest absolute Gasteiger partial charge is 0.385 e. The predicted octanol–water partition coefficient (Wildman–Crippen LogP) is 1.42. The Hall–Kier alpha value is -1.11. The Morgan fingerprint density at radius 3 is 2.81 bits per heavy atom. The zero-order chi connectivity index (χ0) is 15.3. The van der Waals surface area contributed by atoms with E-state index < -0.39 is 0 Å². The molecule has 5 nitrogen and oxygen atoms in total. The first-order chi connectivity index (χ1) is 10.3. The second-order valence-corrected chi connectivity index (χ2v) is 5.94. The zero-order valence-electron chi connectivity index (χ0n) is 13.4. The van der Waals surface area contributed by atoms with Crippen molar-refractivity contribution in [1.29, 1.82) is 0 Å². The summed E-state index contributed by atoms with van der Waals surface area (Å²) in [6.07, 6.45) is 2.11. The molecule has 6 heteroatoms. The van der Waals surface area contributed by atoms with Crippen LogP contribution in [-0.4, -0.2) is 64.9 Å². The van der Waals surface area contributed by atoms with Crippen LogP contribution in [0.5, 0.6) is 0 Å². The normalized spacial score (nSPS) is 11.9. The fourth-order valence-electron chi connectivity index (χ4n) is 1.94. The Morgan fingerprint density at radius 1 is 1.33 bits per heavy atom. The van der Waals surface area contributed by atoms with Crippen LogP contribution in [0.4, 0.5) is 0 Å². The van der Waals surface area contributed by atoms with Gasteiger partial charge in [0.25, 0.3) is 0 Å². The topological polar surface area (TPSA) is 48.9 Å². The molecule has 1 rings (SSSR count). The molecule has 0 atom stereocenters. The van der Waals surface area contributed by atoms with Crippen LogP contribution in [0.3, 0.4) is 0 Å². The van der Waals surface area contributed by atoms with Gasteiger partial charge in [-0.1, -0.05) is 6.07 Å². The summed E-state index contributed by atoms with van der Waals surface area (Å²) in [4.78, 5) is 7.93. The monoisotopic (exact) mass is 312 g/mol. The minimum absolute atomic E-state index is 0.823. The fourth-order valence-corrected chi connectivity index (χ4v) is 2.64. The number of guanidine groups is 1. The van der Waals surface area contributed by atoms with E-state index in [0.29, 0.717) is 0 Å². The van der Waals surface area contributed by atoms with E-state index in [-0.39, 0.29) is 0 Å². The summed E-state index contributed by atoms with van der Waals surface area (Å²) in [6, 6.07) is 4.25. The molecule has 0 aliphatic rings. The molecule has 0 aliphatic carbocycles. The average molecular weight is 312 g/mol. The van der Waals surface area contributed by atoms with Crippen molar-refractivity contribution in [1.82, 2.24) is 15.5 Å². The van der Waals surface area contributed by atoms with Crippen molar-refractivity contribution in [2.45, 2.75) is 12.8 Å². The minimum atomic E-state index is 0.823. The van der Waals surface area contributed by atoms with E-state index in [1.165, 1.54) is 4.88 Å². The van der Waals surface area contributed by atoms with Crippen molar-refractivity contribution in [2.75, 3.05) is 54.0 Å². The summed E-state index contributed by atoms with van der Waals surface area (Å²) in [6.45, 7) is 4.67.